The van der Waals surface area contributed by atoms with Crippen LogP contribution < -0.4 is 4.74 Å². The van der Waals surface area contributed by atoms with Gasteiger partial charge in [0.2, 0.25) is 0 Å². The van der Waals surface area contributed by atoms with E-state index in [1.165, 1.54) is 43.2 Å². The van der Waals surface area contributed by atoms with E-state index in [4.69, 9.17) is 4.74 Å². The van der Waals surface area contributed by atoms with Crippen molar-refractivity contribution in [3.8, 4) is 5.75 Å². The van der Waals surface area contributed by atoms with Crippen LogP contribution >= 0.6 is 15.9 Å². The number of hydrogen-bond donors (Lipinski definition) is 0. The highest BCUT2D eigenvalue weighted by Gasteiger charge is 2.55. The minimum Gasteiger partial charge on any atom is -0.489 e. The summed E-state index contributed by atoms with van der Waals surface area (Å²) < 4.78 is 6.51. The van der Waals surface area contributed by atoms with Gasteiger partial charge in [-0.15, -0.1) is 0 Å². The average Bonchev–Trinajstić information content (AvgIpc) is 2.49. The lowest BCUT2D eigenvalue weighted by Crippen LogP contribution is -2.57. The van der Waals surface area contributed by atoms with Gasteiger partial charge in [0.25, 0.3) is 0 Å². The molecule has 116 valence electrons. The van der Waals surface area contributed by atoms with E-state index >= 15 is 0 Å². The van der Waals surface area contributed by atoms with Crippen LogP contribution in [0.2, 0.25) is 0 Å². The maximum atomic E-state index is 6.51. The lowest BCUT2D eigenvalue weighted by Gasteiger charge is -2.55. The second-order valence-electron chi connectivity index (χ2n) is 7.28. The van der Waals surface area contributed by atoms with Crippen molar-refractivity contribution in [2.24, 2.45) is 5.41 Å². The van der Waals surface area contributed by atoms with Gasteiger partial charge in [-0.2, -0.15) is 0 Å². The number of ether oxygens (including phenoxy) is 1. The minimum atomic E-state index is 0.401. The van der Waals surface area contributed by atoms with E-state index in [9.17, 15) is 0 Å². The molecule has 2 aliphatic rings. The van der Waals surface area contributed by atoms with Crippen molar-refractivity contribution in [3.05, 3.63) is 29.3 Å². The Hall–Kier alpha value is -0.500. The van der Waals surface area contributed by atoms with E-state index in [1.807, 2.05) is 0 Å². The molecular formula is C19H27BrO. The lowest BCUT2D eigenvalue weighted by molar-refractivity contribution is -0.0604. The van der Waals surface area contributed by atoms with Gasteiger partial charge in [0.15, 0.2) is 0 Å². The third-order valence-corrected chi connectivity index (χ3v) is 6.90. The van der Waals surface area contributed by atoms with Gasteiger partial charge in [0.05, 0.1) is 0 Å². The van der Waals surface area contributed by atoms with Gasteiger partial charge in [-0.25, -0.2) is 0 Å². The number of aryl methyl sites for hydroxylation is 1. The van der Waals surface area contributed by atoms with Crippen molar-refractivity contribution < 1.29 is 4.74 Å². The van der Waals surface area contributed by atoms with Crippen LogP contribution in [-0.4, -0.2) is 10.9 Å². The topological polar surface area (TPSA) is 9.23 Å². The van der Waals surface area contributed by atoms with Crippen LogP contribution in [-0.2, 0) is 0 Å². The molecule has 0 amide bonds. The fourth-order valence-electron chi connectivity index (χ4n) is 3.97. The van der Waals surface area contributed by atoms with Crippen molar-refractivity contribution in [3.63, 3.8) is 0 Å². The Morgan fingerprint density at radius 2 is 1.90 bits per heavy atom. The zero-order valence-corrected chi connectivity index (χ0v) is 15.1. The third-order valence-electron chi connectivity index (χ3n) is 5.62. The van der Waals surface area contributed by atoms with Crippen LogP contribution in [0, 0.1) is 12.3 Å². The van der Waals surface area contributed by atoms with Crippen LogP contribution in [0.4, 0.5) is 0 Å². The molecule has 1 spiro atoms. The molecule has 0 radical (unpaired) electrons. The molecule has 0 saturated heterocycles. The van der Waals surface area contributed by atoms with Crippen LogP contribution in [0.1, 0.15) is 69.4 Å². The summed E-state index contributed by atoms with van der Waals surface area (Å²) in [4.78, 5) is 0.656. The summed E-state index contributed by atoms with van der Waals surface area (Å²) in [5, 5.41) is 0. The quantitative estimate of drug-likeness (QED) is 0.609. The molecule has 0 N–H and O–H groups in total. The smallest absolute Gasteiger partial charge is 0.122 e. The van der Waals surface area contributed by atoms with Crippen molar-refractivity contribution >= 4 is 15.9 Å². The largest absolute Gasteiger partial charge is 0.489 e. The van der Waals surface area contributed by atoms with E-state index in [2.05, 4.69) is 54.9 Å². The zero-order chi connectivity index (χ0) is 15.0. The molecule has 2 unspecified atom stereocenters. The van der Waals surface area contributed by atoms with Crippen LogP contribution in [0.15, 0.2) is 18.2 Å². The molecular weight excluding hydrogens is 324 g/mol. The molecule has 2 saturated carbocycles. The fraction of sp³-hybridized carbons (Fsp3) is 0.684. The number of benzene rings is 1. The molecule has 0 aliphatic heterocycles. The Bertz CT molecular complexity index is 502. The second-order valence-corrected chi connectivity index (χ2v) is 8.39. The SMILES string of the molecule is Cc1ccc(C(C)C)cc1OC1CC(Br)C12CCCCC2. The summed E-state index contributed by atoms with van der Waals surface area (Å²) in [6.45, 7) is 6.65. The van der Waals surface area contributed by atoms with E-state index in [0.717, 1.165) is 12.2 Å². The van der Waals surface area contributed by atoms with E-state index < -0.39 is 0 Å². The van der Waals surface area contributed by atoms with E-state index in [0.29, 0.717) is 22.3 Å². The molecule has 2 fully saturated rings. The lowest BCUT2D eigenvalue weighted by atomic mass is 9.58. The molecule has 0 aromatic heterocycles. The van der Waals surface area contributed by atoms with Gasteiger partial charge in [0.1, 0.15) is 11.9 Å². The van der Waals surface area contributed by atoms with Crippen LogP contribution in [0.5, 0.6) is 5.75 Å². The number of halogens is 1. The fourth-order valence-corrected chi connectivity index (χ4v) is 5.06. The Labute approximate surface area is 137 Å². The number of alkyl halides is 1. The summed E-state index contributed by atoms with van der Waals surface area (Å²) in [5.41, 5.74) is 3.05. The molecule has 2 atom stereocenters. The number of hydrogen-bond acceptors (Lipinski definition) is 1. The predicted octanol–water partition coefficient (Wildman–Crippen LogP) is 5.98. The highest BCUT2D eigenvalue weighted by atomic mass is 79.9. The molecule has 0 bridgehead atoms. The molecule has 1 aromatic carbocycles. The first-order valence-electron chi connectivity index (χ1n) is 8.44. The van der Waals surface area contributed by atoms with Gasteiger partial charge in [-0.3, -0.25) is 0 Å². The van der Waals surface area contributed by atoms with Crippen LogP contribution in [0.25, 0.3) is 0 Å². The molecule has 0 heterocycles. The maximum absolute atomic E-state index is 6.51. The Morgan fingerprint density at radius 3 is 2.52 bits per heavy atom. The first kappa shape index (κ1) is 15.4. The molecule has 1 nitrogen and oxygen atoms in total. The van der Waals surface area contributed by atoms with Crippen molar-refractivity contribution in [1.82, 2.24) is 0 Å². The first-order valence-corrected chi connectivity index (χ1v) is 9.36. The van der Waals surface area contributed by atoms with Gasteiger partial charge < -0.3 is 4.74 Å². The standard InChI is InChI=1S/C19H27BrO/c1-13(2)15-8-7-14(3)16(11-15)21-18-12-17(20)19(18)9-5-4-6-10-19/h7-8,11,13,17-18H,4-6,9-10,12H2,1-3H3. The summed E-state index contributed by atoms with van der Waals surface area (Å²) in [6, 6.07) is 6.71. The molecule has 1 aromatic rings. The van der Waals surface area contributed by atoms with Crippen molar-refractivity contribution in [2.75, 3.05) is 0 Å². The average molecular weight is 351 g/mol. The van der Waals surface area contributed by atoms with Gasteiger partial charge >= 0.3 is 0 Å². The number of rotatable bonds is 3. The summed E-state index contributed by atoms with van der Waals surface area (Å²) in [7, 11) is 0. The van der Waals surface area contributed by atoms with Crippen molar-refractivity contribution in [1.29, 1.82) is 0 Å². The summed E-state index contributed by atoms with van der Waals surface area (Å²) in [5.74, 6) is 1.66. The zero-order valence-electron chi connectivity index (χ0n) is 13.5. The van der Waals surface area contributed by atoms with Crippen LogP contribution in [0.3, 0.4) is 0 Å². The molecule has 21 heavy (non-hydrogen) atoms. The van der Waals surface area contributed by atoms with E-state index in [-0.39, 0.29) is 0 Å². The first-order chi connectivity index (χ1) is 10.0. The Morgan fingerprint density at radius 1 is 1.19 bits per heavy atom. The normalized spacial score (nSPS) is 27.7. The predicted molar refractivity (Wildman–Crippen MR) is 92.5 cm³/mol. The highest BCUT2D eigenvalue weighted by Crippen LogP contribution is 2.56. The minimum absolute atomic E-state index is 0.401. The van der Waals surface area contributed by atoms with E-state index in [1.54, 1.807) is 0 Å². The molecule has 2 heteroatoms. The second kappa shape index (κ2) is 5.95. The maximum Gasteiger partial charge on any atom is 0.122 e. The third kappa shape index (κ3) is 2.76. The monoisotopic (exact) mass is 350 g/mol. The van der Waals surface area contributed by atoms with Crippen molar-refractivity contribution in [2.45, 2.75) is 76.1 Å². The molecule has 2 aliphatic carbocycles. The Balaban J connectivity index is 1.79. The summed E-state index contributed by atoms with van der Waals surface area (Å²) >= 11 is 3.91. The van der Waals surface area contributed by atoms with Gasteiger partial charge in [-0.1, -0.05) is 61.2 Å². The van der Waals surface area contributed by atoms with Gasteiger partial charge in [0, 0.05) is 10.2 Å². The summed E-state index contributed by atoms with van der Waals surface area (Å²) in [6.07, 6.45) is 8.36. The Kier molecular flexibility index (Phi) is 4.36. The van der Waals surface area contributed by atoms with Gasteiger partial charge in [-0.05, 0) is 49.3 Å². The molecule has 3 rings (SSSR count). The highest BCUT2D eigenvalue weighted by molar-refractivity contribution is 9.09.